The first-order valence-electron chi connectivity index (χ1n) is 7.09. The van der Waals surface area contributed by atoms with Crippen molar-refractivity contribution in [1.82, 2.24) is 4.98 Å². The monoisotopic (exact) mass is 308 g/mol. The van der Waals surface area contributed by atoms with E-state index in [0.717, 1.165) is 10.9 Å². The van der Waals surface area contributed by atoms with E-state index in [9.17, 15) is 4.79 Å². The van der Waals surface area contributed by atoms with Crippen LogP contribution in [0.5, 0.6) is 11.5 Å². The highest BCUT2D eigenvalue weighted by molar-refractivity contribution is 6.05. The molecular formula is C18H16N2O3. The summed E-state index contributed by atoms with van der Waals surface area (Å²) in [5.41, 5.74) is 2.01. The molecule has 0 aliphatic carbocycles. The van der Waals surface area contributed by atoms with Gasteiger partial charge in [-0.3, -0.25) is 9.78 Å². The molecule has 0 unspecified atom stereocenters. The van der Waals surface area contributed by atoms with E-state index in [0.29, 0.717) is 22.7 Å². The molecule has 5 nitrogen and oxygen atoms in total. The molecule has 23 heavy (non-hydrogen) atoms. The fourth-order valence-corrected chi connectivity index (χ4v) is 2.32. The van der Waals surface area contributed by atoms with Gasteiger partial charge in [-0.25, -0.2) is 0 Å². The number of nitrogens with zero attached hydrogens (tertiary/aromatic N) is 1. The number of ether oxygens (including phenoxy) is 2. The van der Waals surface area contributed by atoms with Gasteiger partial charge < -0.3 is 14.8 Å². The lowest BCUT2D eigenvalue weighted by Crippen LogP contribution is -2.12. The van der Waals surface area contributed by atoms with Crippen LogP contribution in [0.15, 0.2) is 54.7 Å². The zero-order chi connectivity index (χ0) is 16.2. The van der Waals surface area contributed by atoms with Crippen LogP contribution in [-0.4, -0.2) is 25.1 Å². The summed E-state index contributed by atoms with van der Waals surface area (Å²) in [6.45, 7) is 0. The first-order valence-corrected chi connectivity index (χ1v) is 7.09. The zero-order valence-corrected chi connectivity index (χ0v) is 12.9. The first-order chi connectivity index (χ1) is 11.2. The number of hydrogen-bond donors (Lipinski definition) is 1. The van der Waals surface area contributed by atoms with Crippen molar-refractivity contribution in [1.29, 1.82) is 0 Å². The van der Waals surface area contributed by atoms with Crippen molar-refractivity contribution in [2.75, 3.05) is 19.5 Å². The Labute approximate surface area is 133 Å². The Morgan fingerprint density at radius 2 is 1.78 bits per heavy atom. The van der Waals surface area contributed by atoms with Gasteiger partial charge in [-0.1, -0.05) is 18.2 Å². The smallest absolute Gasteiger partial charge is 0.255 e. The summed E-state index contributed by atoms with van der Waals surface area (Å²) in [5, 5.41) is 3.81. The number of rotatable bonds is 4. The second-order valence-corrected chi connectivity index (χ2v) is 4.94. The molecule has 1 heterocycles. The van der Waals surface area contributed by atoms with E-state index in [1.807, 2.05) is 30.3 Å². The predicted molar refractivity (Wildman–Crippen MR) is 89.2 cm³/mol. The van der Waals surface area contributed by atoms with Crippen LogP contribution in [0, 0.1) is 0 Å². The summed E-state index contributed by atoms with van der Waals surface area (Å²) in [7, 11) is 3.09. The van der Waals surface area contributed by atoms with Gasteiger partial charge in [-0.05, 0) is 30.3 Å². The average molecular weight is 308 g/mol. The zero-order valence-electron chi connectivity index (χ0n) is 12.9. The number of benzene rings is 2. The number of para-hydroxylation sites is 1. The number of pyridine rings is 1. The minimum absolute atomic E-state index is 0.233. The highest BCUT2D eigenvalue weighted by Crippen LogP contribution is 2.28. The summed E-state index contributed by atoms with van der Waals surface area (Å²) in [5.74, 6) is 0.858. The first kappa shape index (κ1) is 14.8. The van der Waals surface area contributed by atoms with Gasteiger partial charge in [0.15, 0.2) is 11.5 Å². The van der Waals surface area contributed by atoms with Crippen molar-refractivity contribution in [2.45, 2.75) is 0 Å². The van der Waals surface area contributed by atoms with Crippen LogP contribution in [0.3, 0.4) is 0 Å². The lowest BCUT2D eigenvalue weighted by atomic mass is 10.1. The third-order valence-electron chi connectivity index (χ3n) is 3.49. The molecular weight excluding hydrogens is 292 g/mol. The minimum Gasteiger partial charge on any atom is -0.493 e. The highest BCUT2D eigenvalue weighted by atomic mass is 16.5. The predicted octanol–water partition coefficient (Wildman–Crippen LogP) is 3.50. The van der Waals surface area contributed by atoms with Crippen LogP contribution in [0.25, 0.3) is 10.9 Å². The molecule has 0 atom stereocenters. The maximum Gasteiger partial charge on any atom is 0.255 e. The number of fused-ring (bicyclic) bond motifs is 1. The Kier molecular flexibility index (Phi) is 4.10. The molecule has 0 radical (unpaired) electrons. The van der Waals surface area contributed by atoms with Crippen molar-refractivity contribution in [2.24, 2.45) is 0 Å². The van der Waals surface area contributed by atoms with E-state index >= 15 is 0 Å². The molecule has 5 heteroatoms. The lowest BCUT2D eigenvalue weighted by molar-refractivity contribution is 0.102. The van der Waals surface area contributed by atoms with Crippen molar-refractivity contribution >= 4 is 22.5 Å². The van der Waals surface area contributed by atoms with Crippen LogP contribution in [0.2, 0.25) is 0 Å². The second kappa shape index (κ2) is 6.36. The summed E-state index contributed by atoms with van der Waals surface area (Å²) < 4.78 is 10.4. The third kappa shape index (κ3) is 3.08. The Balaban J connectivity index is 1.85. The number of anilines is 1. The molecule has 0 bridgehead atoms. The fraction of sp³-hybridized carbons (Fsp3) is 0.111. The molecule has 0 aliphatic heterocycles. The molecule has 0 saturated carbocycles. The molecule has 0 aliphatic rings. The maximum atomic E-state index is 12.4. The average Bonchev–Trinajstić information content (AvgIpc) is 2.60. The third-order valence-corrected chi connectivity index (χ3v) is 3.49. The Bertz CT molecular complexity index is 862. The highest BCUT2D eigenvalue weighted by Gasteiger charge is 2.11. The van der Waals surface area contributed by atoms with E-state index in [1.165, 1.54) is 7.11 Å². The van der Waals surface area contributed by atoms with Crippen molar-refractivity contribution < 1.29 is 14.3 Å². The molecule has 1 amide bonds. The van der Waals surface area contributed by atoms with Crippen LogP contribution in [0.4, 0.5) is 5.69 Å². The summed E-state index contributed by atoms with van der Waals surface area (Å²) >= 11 is 0. The molecule has 0 fully saturated rings. The normalized spacial score (nSPS) is 10.3. The van der Waals surface area contributed by atoms with E-state index in [2.05, 4.69) is 10.3 Å². The molecule has 0 saturated heterocycles. The number of amides is 1. The minimum atomic E-state index is -0.233. The summed E-state index contributed by atoms with van der Waals surface area (Å²) in [6.07, 6.45) is 1.64. The summed E-state index contributed by atoms with van der Waals surface area (Å²) in [4.78, 5) is 16.7. The van der Waals surface area contributed by atoms with Gasteiger partial charge in [-0.2, -0.15) is 0 Å². The number of carbonyl (C=O) groups is 1. The second-order valence-electron chi connectivity index (χ2n) is 4.94. The van der Waals surface area contributed by atoms with E-state index in [-0.39, 0.29) is 5.91 Å². The van der Waals surface area contributed by atoms with E-state index in [1.54, 1.807) is 31.5 Å². The number of aromatic nitrogens is 1. The molecule has 3 rings (SSSR count). The number of methoxy groups -OCH3 is 2. The van der Waals surface area contributed by atoms with Crippen molar-refractivity contribution in [3.05, 3.63) is 60.3 Å². The Morgan fingerprint density at radius 3 is 2.57 bits per heavy atom. The molecule has 3 aromatic rings. The number of carbonyl (C=O) groups excluding carboxylic acids is 1. The van der Waals surface area contributed by atoms with Crippen LogP contribution >= 0.6 is 0 Å². The molecule has 1 aromatic heterocycles. The molecule has 116 valence electrons. The topological polar surface area (TPSA) is 60.5 Å². The van der Waals surface area contributed by atoms with Crippen LogP contribution in [0.1, 0.15) is 10.4 Å². The van der Waals surface area contributed by atoms with Crippen LogP contribution < -0.4 is 14.8 Å². The summed E-state index contributed by atoms with van der Waals surface area (Å²) in [6, 6.07) is 14.7. The number of nitrogens with one attached hydrogen (secondary N) is 1. The van der Waals surface area contributed by atoms with Gasteiger partial charge >= 0.3 is 0 Å². The van der Waals surface area contributed by atoms with E-state index in [4.69, 9.17) is 9.47 Å². The van der Waals surface area contributed by atoms with Gasteiger partial charge in [0, 0.05) is 10.9 Å². The standard InChI is InChI=1S/C18H16N2O3/c1-22-16-8-7-13(10-17(16)23-2)18(21)20-14-9-12-5-3-4-6-15(12)19-11-14/h3-11H,1-2H3,(H,20,21). The van der Waals surface area contributed by atoms with Crippen LogP contribution in [-0.2, 0) is 0 Å². The fourth-order valence-electron chi connectivity index (χ4n) is 2.32. The van der Waals surface area contributed by atoms with Gasteiger partial charge in [0.05, 0.1) is 31.6 Å². The Hall–Kier alpha value is -3.08. The lowest BCUT2D eigenvalue weighted by Gasteiger charge is -2.10. The molecule has 2 aromatic carbocycles. The van der Waals surface area contributed by atoms with Gasteiger partial charge in [0.1, 0.15) is 0 Å². The molecule has 0 spiro atoms. The maximum absolute atomic E-state index is 12.4. The van der Waals surface area contributed by atoms with Gasteiger partial charge in [0.25, 0.3) is 5.91 Å². The largest absolute Gasteiger partial charge is 0.493 e. The molecule has 1 N–H and O–H groups in total. The van der Waals surface area contributed by atoms with Crippen molar-refractivity contribution in [3.8, 4) is 11.5 Å². The van der Waals surface area contributed by atoms with Gasteiger partial charge in [0.2, 0.25) is 0 Å². The Morgan fingerprint density at radius 1 is 1.00 bits per heavy atom. The number of hydrogen-bond acceptors (Lipinski definition) is 4. The SMILES string of the molecule is COc1ccc(C(=O)Nc2cnc3ccccc3c2)cc1OC. The van der Waals surface area contributed by atoms with Gasteiger partial charge in [-0.15, -0.1) is 0 Å². The quantitative estimate of drug-likeness (QED) is 0.801. The van der Waals surface area contributed by atoms with Crippen molar-refractivity contribution in [3.63, 3.8) is 0 Å². The van der Waals surface area contributed by atoms with E-state index < -0.39 is 0 Å².